The Morgan fingerprint density at radius 2 is 1.42 bits per heavy atom. The van der Waals surface area contributed by atoms with Crippen molar-refractivity contribution in [3.63, 3.8) is 0 Å². The predicted molar refractivity (Wildman–Crippen MR) is 59.9 cm³/mol. The van der Waals surface area contributed by atoms with E-state index >= 15 is 0 Å². The second-order valence-electron chi connectivity index (χ2n) is 4.24. The van der Waals surface area contributed by atoms with Gasteiger partial charge in [-0.25, -0.2) is 0 Å². The quantitative estimate of drug-likeness (QED) is 0.641. The number of halogens is 1. The minimum absolute atomic E-state index is 0.780. The molecule has 0 aromatic carbocycles. The van der Waals surface area contributed by atoms with Crippen LogP contribution in [0.2, 0.25) is 0 Å². The van der Waals surface area contributed by atoms with Gasteiger partial charge in [-0.2, -0.15) is 0 Å². The topological polar surface area (TPSA) is 3.24 Å². The Labute approximate surface area is 85.7 Å². The summed E-state index contributed by atoms with van der Waals surface area (Å²) in [6.45, 7) is 12.7. The molecule has 0 bridgehead atoms. The largest absolute Gasteiger partial charge is 0.302 e. The van der Waals surface area contributed by atoms with Crippen molar-refractivity contribution in [1.82, 2.24) is 4.90 Å². The fourth-order valence-corrected chi connectivity index (χ4v) is 1.91. The third kappa shape index (κ3) is 7.11. The average Bonchev–Trinajstić information content (AvgIpc) is 1.84. The standard InChI is InChI=1S/C10H22BrN/c1-9(2)7-12(6-5-11)8-10(3)4/h9-10H,5-8H2,1-4H3. The molecule has 12 heavy (non-hydrogen) atoms. The monoisotopic (exact) mass is 235 g/mol. The first-order chi connectivity index (χ1) is 5.56. The molecule has 0 aliphatic rings. The highest BCUT2D eigenvalue weighted by atomic mass is 79.9. The average molecular weight is 236 g/mol. The minimum Gasteiger partial charge on any atom is -0.302 e. The summed E-state index contributed by atoms with van der Waals surface area (Å²) in [7, 11) is 0. The van der Waals surface area contributed by atoms with Crippen LogP contribution in [0.4, 0.5) is 0 Å². The summed E-state index contributed by atoms with van der Waals surface area (Å²) in [5.41, 5.74) is 0. The van der Waals surface area contributed by atoms with E-state index in [0.717, 1.165) is 17.2 Å². The molecule has 0 aromatic heterocycles. The Kier molecular flexibility index (Phi) is 7.16. The van der Waals surface area contributed by atoms with Crippen LogP contribution in [0.15, 0.2) is 0 Å². The highest BCUT2D eigenvalue weighted by molar-refractivity contribution is 9.09. The van der Waals surface area contributed by atoms with Crippen molar-refractivity contribution in [2.75, 3.05) is 25.0 Å². The van der Waals surface area contributed by atoms with Crippen LogP contribution in [0, 0.1) is 11.8 Å². The van der Waals surface area contributed by atoms with Crippen molar-refractivity contribution in [2.45, 2.75) is 27.7 Å². The molecule has 0 heterocycles. The van der Waals surface area contributed by atoms with E-state index in [1.807, 2.05) is 0 Å². The minimum atomic E-state index is 0.780. The Morgan fingerprint density at radius 3 is 1.67 bits per heavy atom. The molecule has 0 rings (SSSR count). The summed E-state index contributed by atoms with van der Waals surface area (Å²) < 4.78 is 0. The Bertz CT molecular complexity index is 92.0. The third-order valence-corrected chi connectivity index (χ3v) is 2.00. The van der Waals surface area contributed by atoms with E-state index < -0.39 is 0 Å². The Hall–Kier alpha value is 0.440. The number of nitrogens with zero attached hydrogens (tertiary/aromatic N) is 1. The molecule has 0 atom stereocenters. The van der Waals surface area contributed by atoms with Gasteiger partial charge in [-0.15, -0.1) is 0 Å². The summed E-state index contributed by atoms with van der Waals surface area (Å²) in [6.07, 6.45) is 0. The molecule has 74 valence electrons. The highest BCUT2D eigenvalue weighted by Crippen LogP contribution is 2.03. The van der Waals surface area contributed by atoms with Crippen LogP contribution >= 0.6 is 15.9 Å². The first-order valence-corrected chi connectivity index (χ1v) is 5.96. The lowest BCUT2D eigenvalue weighted by Gasteiger charge is -2.25. The lowest BCUT2D eigenvalue weighted by atomic mass is 10.1. The van der Waals surface area contributed by atoms with Gasteiger partial charge in [0.2, 0.25) is 0 Å². The normalized spacial score (nSPS) is 12.0. The molecule has 0 saturated carbocycles. The molecule has 0 radical (unpaired) electrons. The van der Waals surface area contributed by atoms with Crippen LogP contribution in [-0.2, 0) is 0 Å². The SMILES string of the molecule is CC(C)CN(CCBr)CC(C)C. The molecule has 0 aliphatic carbocycles. The maximum atomic E-state index is 3.49. The van der Waals surface area contributed by atoms with Crippen molar-refractivity contribution in [3.8, 4) is 0 Å². The van der Waals surface area contributed by atoms with E-state index in [0.29, 0.717) is 0 Å². The second-order valence-corrected chi connectivity index (χ2v) is 5.03. The van der Waals surface area contributed by atoms with Crippen molar-refractivity contribution in [3.05, 3.63) is 0 Å². The van der Waals surface area contributed by atoms with Crippen LogP contribution in [0.25, 0.3) is 0 Å². The Balaban J connectivity index is 3.69. The number of hydrogen-bond donors (Lipinski definition) is 0. The van der Waals surface area contributed by atoms with Crippen LogP contribution in [-0.4, -0.2) is 29.9 Å². The molecule has 1 nitrogen and oxygen atoms in total. The summed E-state index contributed by atoms with van der Waals surface area (Å²) in [5, 5.41) is 1.09. The number of hydrogen-bond acceptors (Lipinski definition) is 1. The van der Waals surface area contributed by atoms with Crippen LogP contribution in [0.3, 0.4) is 0 Å². The van der Waals surface area contributed by atoms with E-state index in [2.05, 4.69) is 48.5 Å². The summed E-state index contributed by atoms with van der Waals surface area (Å²) >= 11 is 3.49. The van der Waals surface area contributed by atoms with E-state index in [-0.39, 0.29) is 0 Å². The van der Waals surface area contributed by atoms with Gasteiger partial charge in [0.1, 0.15) is 0 Å². The second kappa shape index (κ2) is 6.90. The fraction of sp³-hybridized carbons (Fsp3) is 1.00. The zero-order valence-corrected chi connectivity index (χ0v) is 10.4. The number of alkyl halides is 1. The van der Waals surface area contributed by atoms with Crippen molar-refractivity contribution < 1.29 is 0 Å². The van der Waals surface area contributed by atoms with Gasteiger partial charge in [-0.1, -0.05) is 43.6 Å². The van der Waals surface area contributed by atoms with Crippen LogP contribution in [0.1, 0.15) is 27.7 Å². The van der Waals surface area contributed by atoms with E-state index in [1.165, 1.54) is 19.6 Å². The van der Waals surface area contributed by atoms with Gasteiger partial charge in [-0.3, -0.25) is 0 Å². The molecule has 0 aromatic rings. The van der Waals surface area contributed by atoms with Crippen LogP contribution < -0.4 is 0 Å². The first-order valence-electron chi connectivity index (χ1n) is 4.84. The van der Waals surface area contributed by atoms with Gasteiger partial charge < -0.3 is 4.90 Å². The van der Waals surface area contributed by atoms with Crippen molar-refractivity contribution >= 4 is 15.9 Å². The maximum absolute atomic E-state index is 3.49. The number of rotatable bonds is 6. The predicted octanol–water partition coefficient (Wildman–Crippen LogP) is 3.00. The van der Waals surface area contributed by atoms with Crippen molar-refractivity contribution in [1.29, 1.82) is 0 Å². The van der Waals surface area contributed by atoms with E-state index in [1.54, 1.807) is 0 Å². The van der Waals surface area contributed by atoms with Gasteiger partial charge in [0.15, 0.2) is 0 Å². The Morgan fingerprint density at radius 1 is 1.00 bits per heavy atom. The van der Waals surface area contributed by atoms with Gasteiger partial charge >= 0.3 is 0 Å². The molecule has 0 spiro atoms. The molecule has 0 amide bonds. The summed E-state index contributed by atoms with van der Waals surface area (Å²) in [6, 6.07) is 0. The van der Waals surface area contributed by atoms with Gasteiger partial charge in [0.25, 0.3) is 0 Å². The van der Waals surface area contributed by atoms with Gasteiger partial charge in [0, 0.05) is 25.0 Å². The molecule has 0 unspecified atom stereocenters. The molecule has 0 saturated heterocycles. The first kappa shape index (κ1) is 12.4. The van der Waals surface area contributed by atoms with E-state index in [9.17, 15) is 0 Å². The van der Waals surface area contributed by atoms with Crippen LogP contribution in [0.5, 0.6) is 0 Å². The molecule has 2 heteroatoms. The fourth-order valence-electron chi connectivity index (χ4n) is 1.41. The molecule has 0 aliphatic heterocycles. The zero-order chi connectivity index (χ0) is 9.56. The van der Waals surface area contributed by atoms with Gasteiger partial charge in [-0.05, 0) is 11.8 Å². The lowest BCUT2D eigenvalue weighted by molar-refractivity contribution is 0.232. The zero-order valence-electron chi connectivity index (χ0n) is 8.81. The van der Waals surface area contributed by atoms with E-state index in [4.69, 9.17) is 0 Å². The smallest absolute Gasteiger partial charge is 0.0159 e. The molecule has 0 N–H and O–H groups in total. The van der Waals surface area contributed by atoms with Crippen molar-refractivity contribution in [2.24, 2.45) is 11.8 Å². The third-order valence-electron chi connectivity index (χ3n) is 1.65. The summed E-state index contributed by atoms with van der Waals surface area (Å²) in [5.74, 6) is 1.56. The molecule has 0 fully saturated rings. The molecular formula is C10H22BrN. The highest BCUT2D eigenvalue weighted by Gasteiger charge is 2.07. The lowest BCUT2D eigenvalue weighted by Crippen LogP contribution is -2.32. The summed E-state index contributed by atoms with van der Waals surface area (Å²) in [4.78, 5) is 2.53. The van der Waals surface area contributed by atoms with Gasteiger partial charge in [0.05, 0.1) is 0 Å². The molecular weight excluding hydrogens is 214 g/mol. The maximum Gasteiger partial charge on any atom is 0.0159 e.